The number of aromatic nitrogens is 3. The Labute approximate surface area is 258 Å². The molecule has 11 heteroatoms. The molecule has 4 aliphatic heterocycles. The molecule has 2 bridgehead atoms. The molecular formula is C34H34F2N6O3. The Bertz CT molecular complexity index is 1890. The van der Waals surface area contributed by atoms with Crippen LogP contribution in [-0.4, -0.2) is 87.3 Å². The largest absolute Gasteiger partial charge is 0.508 e. The molecule has 4 fully saturated rings. The van der Waals surface area contributed by atoms with Crippen LogP contribution < -0.4 is 15.0 Å². The minimum atomic E-state index is -0.894. The van der Waals surface area contributed by atoms with E-state index in [1.807, 2.05) is 12.1 Å². The number of hydrogen-bond acceptors (Lipinski definition) is 9. The zero-order valence-corrected chi connectivity index (χ0v) is 24.9. The van der Waals surface area contributed by atoms with Gasteiger partial charge in [-0.25, -0.2) is 8.78 Å². The molecule has 2 aromatic carbocycles. The molecule has 2 aromatic heterocycles. The van der Waals surface area contributed by atoms with Crippen molar-refractivity contribution in [3.8, 4) is 23.0 Å². The fourth-order valence-electron chi connectivity index (χ4n) is 8.71. The highest BCUT2D eigenvalue weighted by Crippen LogP contribution is 2.43. The first-order chi connectivity index (χ1) is 21.8. The molecule has 1 aliphatic carbocycles. The molecule has 0 unspecified atom stereocenters. The average molecular weight is 613 g/mol. The van der Waals surface area contributed by atoms with E-state index in [0.717, 1.165) is 50.9 Å². The second-order valence-electron chi connectivity index (χ2n) is 13.5. The molecule has 0 amide bonds. The van der Waals surface area contributed by atoms with E-state index in [1.54, 1.807) is 12.3 Å². The molecule has 5 aliphatic rings. The van der Waals surface area contributed by atoms with Crippen LogP contribution >= 0.6 is 0 Å². The summed E-state index contributed by atoms with van der Waals surface area (Å²) in [7, 11) is 0. The number of aromatic hydroxyl groups is 1. The van der Waals surface area contributed by atoms with E-state index >= 15 is 4.39 Å². The molecule has 4 saturated heterocycles. The number of rotatable bonds is 5. The summed E-state index contributed by atoms with van der Waals surface area (Å²) < 4.78 is 37.6. The number of aryl methyl sites for hydroxylation is 1. The molecule has 6 heterocycles. The number of phenols is 1. The smallest absolute Gasteiger partial charge is 0.319 e. The maximum Gasteiger partial charge on any atom is 0.319 e. The first-order valence-corrected chi connectivity index (χ1v) is 16.1. The number of carbonyl (C=O) groups excluding carboxylic acids is 1. The van der Waals surface area contributed by atoms with Gasteiger partial charge in [-0.1, -0.05) is 12.1 Å². The highest BCUT2D eigenvalue weighted by Gasteiger charge is 2.49. The Morgan fingerprint density at radius 1 is 1.11 bits per heavy atom. The molecular weight excluding hydrogens is 578 g/mol. The predicted molar refractivity (Wildman–Crippen MR) is 165 cm³/mol. The Morgan fingerprint density at radius 3 is 2.80 bits per heavy atom. The summed E-state index contributed by atoms with van der Waals surface area (Å²) in [5, 5.41) is 16.0. The zero-order chi connectivity index (χ0) is 30.4. The number of nitrogens with zero attached hydrogens (tertiary/aromatic N) is 5. The number of carbonyl (C=O) groups is 1. The second kappa shape index (κ2) is 10.0. The van der Waals surface area contributed by atoms with Crippen LogP contribution in [0.2, 0.25) is 0 Å². The van der Waals surface area contributed by atoms with Gasteiger partial charge in [0.25, 0.3) is 0 Å². The van der Waals surface area contributed by atoms with Crippen molar-refractivity contribution >= 4 is 33.3 Å². The molecule has 2 N–H and O–H groups in total. The van der Waals surface area contributed by atoms with Gasteiger partial charge in [0, 0.05) is 67.3 Å². The SMILES string of the molecule is O=C1CCc2ccc3cc(O)cc(-c4ncc5c(N6C[C@H]7CC[C@@H](C6)N7)nc(OC[C@@]67CCCN6C[C@H](F)C7)nc5c4F)c3c21. The Hall–Kier alpha value is -3.96. The molecule has 232 valence electrons. The zero-order valence-electron chi connectivity index (χ0n) is 24.9. The lowest BCUT2D eigenvalue weighted by Crippen LogP contribution is -2.51. The minimum absolute atomic E-state index is 0.000125. The number of ketones is 1. The summed E-state index contributed by atoms with van der Waals surface area (Å²) in [6.45, 7) is 2.92. The maximum absolute atomic E-state index is 16.9. The van der Waals surface area contributed by atoms with E-state index in [1.165, 1.54) is 6.07 Å². The fourth-order valence-corrected chi connectivity index (χ4v) is 8.71. The van der Waals surface area contributed by atoms with E-state index in [4.69, 9.17) is 9.72 Å². The lowest BCUT2D eigenvalue weighted by Gasteiger charge is -2.34. The van der Waals surface area contributed by atoms with Crippen LogP contribution in [0, 0.1) is 5.82 Å². The number of phenolic OH excluding ortho intramolecular Hbond substituents is 1. The van der Waals surface area contributed by atoms with Gasteiger partial charge in [0.1, 0.15) is 35.6 Å². The van der Waals surface area contributed by atoms with Gasteiger partial charge in [-0.3, -0.25) is 14.7 Å². The number of benzene rings is 2. The molecule has 45 heavy (non-hydrogen) atoms. The first-order valence-electron chi connectivity index (χ1n) is 16.1. The number of alkyl halides is 1. The Kier molecular flexibility index (Phi) is 6.09. The van der Waals surface area contributed by atoms with Crippen LogP contribution in [0.1, 0.15) is 54.4 Å². The number of anilines is 1. The Morgan fingerprint density at radius 2 is 1.96 bits per heavy atom. The number of halogens is 2. The summed E-state index contributed by atoms with van der Waals surface area (Å²) in [5.41, 5.74) is 1.50. The number of Topliss-reactive ketones (excluding diaryl/α,β-unsaturated/α-hetero) is 1. The van der Waals surface area contributed by atoms with Gasteiger partial charge >= 0.3 is 6.01 Å². The van der Waals surface area contributed by atoms with Crippen molar-refractivity contribution in [2.45, 2.75) is 68.7 Å². The normalized spacial score (nSPS) is 27.6. The summed E-state index contributed by atoms with van der Waals surface area (Å²) in [5.74, 6) is -0.144. The third-order valence-corrected chi connectivity index (χ3v) is 10.7. The summed E-state index contributed by atoms with van der Waals surface area (Å²) in [6.07, 6.45) is 6.10. The van der Waals surface area contributed by atoms with E-state index in [9.17, 15) is 14.3 Å². The van der Waals surface area contributed by atoms with Gasteiger partial charge in [-0.2, -0.15) is 9.97 Å². The van der Waals surface area contributed by atoms with Crippen molar-refractivity contribution in [1.29, 1.82) is 0 Å². The summed E-state index contributed by atoms with van der Waals surface area (Å²) in [4.78, 5) is 31.4. The average Bonchev–Trinajstić information content (AvgIpc) is 3.77. The molecule has 9 nitrogen and oxygen atoms in total. The third-order valence-electron chi connectivity index (χ3n) is 10.7. The lowest BCUT2D eigenvalue weighted by molar-refractivity contribution is 0.0996. The minimum Gasteiger partial charge on any atom is -0.508 e. The number of pyridine rings is 1. The van der Waals surface area contributed by atoms with Crippen molar-refractivity contribution in [1.82, 2.24) is 25.2 Å². The van der Waals surface area contributed by atoms with Crippen molar-refractivity contribution in [2.24, 2.45) is 0 Å². The van der Waals surface area contributed by atoms with E-state index in [0.29, 0.717) is 71.0 Å². The maximum atomic E-state index is 16.9. The standard InChI is InChI=1S/C34H34F2N6O3/c35-20-12-34(8-1-9-42(34)14-20)17-45-33-39-31-25(32(40-33)41-15-21-5-6-22(16-41)38-21)13-37-30(29(31)36)24-11-23(43)10-19-3-2-18-4-7-26(44)28(18)27(19)24/h2-3,10-11,13,20-22,38,43H,1,4-9,12,14-17H2/t20-,21-,22+,34+/m1/s1. The highest BCUT2D eigenvalue weighted by atomic mass is 19.1. The predicted octanol–water partition coefficient (Wildman–Crippen LogP) is 4.71. The van der Waals surface area contributed by atoms with Crippen LogP contribution in [0.3, 0.4) is 0 Å². The molecule has 0 spiro atoms. The van der Waals surface area contributed by atoms with Crippen LogP contribution in [0.4, 0.5) is 14.6 Å². The fraction of sp³-hybridized carbons (Fsp3) is 0.471. The number of piperazine rings is 1. The van der Waals surface area contributed by atoms with Gasteiger partial charge in [0.2, 0.25) is 0 Å². The van der Waals surface area contributed by atoms with Crippen LogP contribution in [-0.2, 0) is 6.42 Å². The third kappa shape index (κ3) is 4.30. The Balaban J connectivity index is 1.19. The van der Waals surface area contributed by atoms with Gasteiger partial charge in [0.15, 0.2) is 11.6 Å². The van der Waals surface area contributed by atoms with Crippen LogP contribution in [0.25, 0.3) is 32.9 Å². The summed E-state index contributed by atoms with van der Waals surface area (Å²) in [6, 6.07) is 7.51. The van der Waals surface area contributed by atoms with Gasteiger partial charge in [-0.05, 0) is 61.7 Å². The van der Waals surface area contributed by atoms with Gasteiger partial charge in [0.05, 0.1) is 10.9 Å². The van der Waals surface area contributed by atoms with Crippen molar-refractivity contribution < 1.29 is 23.4 Å². The number of nitrogens with one attached hydrogen (secondary N) is 1. The topological polar surface area (TPSA) is 104 Å². The van der Waals surface area contributed by atoms with Crippen molar-refractivity contribution in [2.75, 3.05) is 37.7 Å². The molecule has 4 aromatic rings. The molecule has 0 radical (unpaired) electrons. The van der Waals surface area contributed by atoms with E-state index in [-0.39, 0.29) is 35.4 Å². The van der Waals surface area contributed by atoms with E-state index < -0.39 is 17.5 Å². The van der Waals surface area contributed by atoms with Crippen molar-refractivity contribution in [3.63, 3.8) is 0 Å². The first kappa shape index (κ1) is 27.4. The quantitative estimate of drug-likeness (QED) is 0.332. The number of hydrogen-bond donors (Lipinski definition) is 2. The van der Waals surface area contributed by atoms with E-state index in [2.05, 4.69) is 25.1 Å². The highest BCUT2D eigenvalue weighted by molar-refractivity contribution is 6.16. The number of fused-ring (bicyclic) bond motifs is 7. The second-order valence-corrected chi connectivity index (χ2v) is 13.5. The molecule has 9 rings (SSSR count). The van der Waals surface area contributed by atoms with Gasteiger partial charge in [-0.15, -0.1) is 0 Å². The van der Waals surface area contributed by atoms with Crippen molar-refractivity contribution in [3.05, 3.63) is 47.4 Å². The van der Waals surface area contributed by atoms with Crippen LogP contribution in [0.5, 0.6) is 11.8 Å². The monoisotopic (exact) mass is 612 g/mol. The molecule has 0 saturated carbocycles. The molecule has 4 atom stereocenters. The lowest BCUT2D eigenvalue weighted by atomic mass is 9.93. The number of ether oxygens (including phenoxy) is 1. The van der Waals surface area contributed by atoms with Crippen LogP contribution in [0.15, 0.2) is 30.5 Å². The van der Waals surface area contributed by atoms with Gasteiger partial charge < -0.3 is 20.1 Å². The summed E-state index contributed by atoms with van der Waals surface area (Å²) >= 11 is 0.